The number of rotatable bonds is 7. The van der Waals surface area contributed by atoms with Crippen LogP contribution < -0.4 is 5.32 Å². The highest BCUT2D eigenvalue weighted by Gasteiger charge is 2.44. The van der Waals surface area contributed by atoms with Gasteiger partial charge in [-0.05, 0) is 0 Å². The standard InChI is InChI=1S/C12H21NO7S2/c1-3-22(18,19)5-4-21-12-9(13-7(2)15)11(17)10(16)8(6-14)20-12/h3,8-12,14,16-17H,1,4-6H2,2H3,(H,13,15)/t8-,9-,10-,11-,12+/m1/s1. The van der Waals surface area contributed by atoms with Gasteiger partial charge < -0.3 is 25.4 Å². The molecule has 1 saturated heterocycles. The zero-order valence-electron chi connectivity index (χ0n) is 12.1. The van der Waals surface area contributed by atoms with E-state index in [1.54, 1.807) is 0 Å². The van der Waals surface area contributed by atoms with Crippen LogP contribution in [-0.2, 0) is 19.4 Å². The summed E-state index contributed by atoms with van der Waals surface area (Å²) in [6.45, 7) is 3.95. The summed E-state index contributed by atoms with van der Waals surface area (Å²) in [7, 11) is -3.37. The van der Waals surface area contributed by atoms with E-state index < -0.39 is 52.1 Å². The molecule has 0 aromatic heterocycles. The third-order valence-electron chi connectivity index (χ3n) is 3.15. The van der Waals surface area contributed by atoms with Crippen LogP contribution in [0, 0.1) is 0 Å². The smallest absolute Gasteiger partial charge is 0.217 e. The van der Waals surface area contributed by atoms with Crippen molar-refractivity contribution in [2.75, 3.05) is 18.1 Å². The Morgan fingerprint density at radius 2 is 2.05 bits per heavy atom. The Bertz CT molecular complexity index is 496. The van der Waals surface area contributed by atoms with Crippen molar-refractivity contribution in [1.29, 1.82) is 0 Å². The van der Waals surface area contributed by atoms with Crippen LogP contribution in [0.1, 0.15) is 6.92 Å². The topological polar surface area (TPSA) is 133 Å². The molecule has 0 aromatic rings. The number of ether oxygens (including phenoxy) is 1. The Morgan fingerprint density at radius 3 is 2.55 bits per heavy atom. The lowest BCUT2D eigenvalue weighted by Crippen LogP contribution is -2.63. The molecule has 8 nitrogen and oxygen atoms in total. The van der Waals surface area contributed by atoms with E-state index in [4.69, 9.17) is 9.84 Å². The molecule has 128 valence electrons. The predicted molar refractivity (Wildman–Crippen MR) is 81.8 cm³/mol. The van der Waals surface area contributed by atoms with Gasteiger partial charge in [-0.25, -0.2) is 8.42 Å². The van der Waals surface area contributed by atoms with E-state index in [0.717, 1.165) is 17.2 Å². The van der Waals surface area contributed by atoms with Crippen LogP contribution in [-0.4, -0.2) is 77.5 Å². The number of aliphatic hydroxyl groups excluding tert-OH is 3. The number of amides is 1. The fourth-order valence-corrected chi connectivity index (χ4v) is 4.35. The average molecular weight is 355 g/mol. The highest BCUT2D eigenvalue weighted by molar-refractivity contribution is 8.01. The molecule has 1 aliphatic rings. The van der Waals surface area contributed by atoms with E-state index in [-0.39, 0.29) is 11.5 Å². The van der Waals surface area contributed by atoms with Gasteiger partial charge in [0.15, 0.2) is 9.84 Å². The molecule has 0 bridgehead atoms. The first-order valence-electron chi connectivity index (χ1n) is 6.58. The third-order valence-corrected chi connectivity index (χ3v) is 5.87. The van der Waals surface area contributed by atoms with Crippen molar-refractivity contribution in [3.8, 4) is 0 Å². The van der Waals surface area contributed by atoms with E-state index in [2.05, 4.69) is 11.9 Å². The summed E-state index contributed by atoms with van der Waals surface area (Å²) >= 11 is 1.07. The maximum Gasteiger partial charge on any atom is 0.217 e. The average Bonchev–Trinajstić information content (AvgIpc) is 2.45. The number of sulfone groups is 1. The number of carbonyl (C=O) groups is 1. The van der Waals surface area contributed by atoms with Gasteiger partial charge in [0.25, 0.3) is 0 Å². The van der Waals surface area contributed by atoms with Crippen molar-refractivity contribution in [3.63, 3.8) is 0 Å². The van der Waals surface area contributed by atoms with E-state index in [0.29, 0.717) is 0 Å². The van der Waals surface area contributed by atoms with Crippen LogP contribution in [0.15, 0.2) is 12.0 Å². The number of hydrogen-bond acceptors (Lipinski definition) is 8. The molecule has 0 unspecified atom stereocenters. The molecule has 10 heteroatoms. The number of thioether (sulfide) groups is 1. The molecule has 0 radical (unpaired) electrons. The normalized spacial score (nSPS) is 32.5. The molecular formula is C12H21NO7S2. The molecule has 1 fully saturated rings. The summed E-state index contributed by atoms with van der Waals surface area (Å²) in [5, 5.41) is 32.4. The number of aliphatic hydroxyl groups is 3. The van der Waals surface area contributed by atoms with Crippen LogP contribution in [0.25, 0.3) is 0 Å². The van der Waals surface area contributed by atoms with Gasteiger partial charge in [-0.3, -0.25) is 4.79 Å². The molecule has 1 rings (SSSR count). The molecule has 1 heterocycles. The Balaban J connectivity index is 2.76. The first-order chi connectivity index (χ1) is 10.2. The van der Waals surface area contributed by atoms with E-state index in [1.807, 2.05) is 0 Å². The highest BCUT2D eigenvalue weighted by atomic mass is 32.2. The minimum absolute atomic E-state index is 0.149. The first-order valence-corrected chi connectivity index (χ1v) is 9.34. The van der Waals surface area contributed by atoms with Gasteiger partial charge in [0, 0.05) is 18.1 Å². The van der Waals surface area contributed by atoms with Gasteiger partial charge in [0.2, 0.25) is 5.91 Å². The third kappa shape index (κ3) is 5.21. The number of hydrogen-bond donors (Lipinski definition) is 4. The molecule has 0 aromatic carbocycles. The van der Waals surface area contributed by atoms with Gasteiger partial charge in [0.05, 0.1) is 18.4 Å². The van der Waals surface area contributed by atoms with E-state index in [9.17, 15) is 23.4 Å². The van der Waals surface area contributed by atoms with Gasteiger partial charge in [-0.2, -0.15) is 0 Å². The second kappa shape index (κ2) is 8.27. The van der Waals surface area contributed by atoms with E-state index in [1.165, 1.54) is 6.92 Å². The van der Waals surface area contributed by atoms with Crippen LogP contribution in [0.2, 0.25) is 0 Å². The Kier molecular flexibility index (Phi) is 7.29. The minimum atomic E-state index is -3.37. The SMILES string of the molecule is C=CS(=O)(=O)CCS[C@@H]1O[C@H](CO)[C@@H](O)[C@H](O)[C@H]1NC(C)=O. The Morgan fingerprint density at radius 1 is 1.41 bits per heavy atom. The second-order valence-electron chi connectivity index (χ2n) is 4.84. The van der Waals surface area contributed by atoms with Crippen molar-refractivity contribution < 1.29 is 33.3 Å². The molecule has 4 N–H and O–H groups in total. The van der Waals surface area contributed by atoms with Crippen molar-refractivity contribution in [2.24, 2.45) is 0 Å². The Hall–Kier alpha value is -0.650. The monoisotopic (exact) mass is 355 g/mol. The van der Waals surface area contributed by atoms with Gasteiger partial charge in [0.1, 0.15) is 23.7 Å². The molecule has 1 amide bonds. The largest absolute Gasteiger partial charge is 0.394 e. The van der Waals surface area contributed by atoms with E-state index >= 15 is 0 Å². The van der Waals surface area contributed by atoms with Crippen molar-refractivity contribution in [1.82, 2.24) is 5.32 Å². The van der Waals surface area contributed by atoms with Gasteiger partial charge in [-0.1, -0.05) is 6.58 Å². The van der Waals surface area contributed by atoms with Gasteiger partial charge >= 0.3 is 0 Å². The zero-order valence-corrected chi connectivity index (χ0v) is 13.7. The molecule has 0 saturated carbocycles. The Labute approximate surface area is 133 Å². The maximum atomic E-state index is 11.4. The fourth-order valence-electron chi connectivity index (χ4n) is 1.98. The lowest BCUT2D eigenvalue weighted by atomic mass is 9.98. The lowest BCUT2D eigenvalue weighted by Gasteiger charge is -2.42. The zero-order chi connectivity index (χ0) is 16.9. The lowest BCUT2D eigenvalue weighted by molar-refractivity contribution is -0.173. The summed E-state index contributed by atoms with van der Waals surface area (Å²) in [4.78, 5) is 11.2. The summed E-state index contributed by atoms with van der Waals surface area (Å²) in [5.74, 6) is -0.446. The summed E-state index contributed by atoms with van der Waals surface area (Å²) in [5.41, 5.74) is -0.792. The number of carbonyl (C=O) groups excluding carboxylic acids is 1. The van der Waals surface area contributed by atoms with Gasteiger partial charge in [-0.15, -0.1) is 11.8 Å². The van der Waals surface area contributed by atoms with Crippen molar-refractivity contribution in [2.45, 2.75) is 36.7 Å². The highest BCUT2D eigenvalue weighted by Crippen LogP contribution is 2.28. The molecule has 5 atom stereocenters. The van der Waals surface area contributed by atoms with Crippen LogP contribution in [0.4, 0.5) is 0 Å². The van der Waals surface area contributed by atoms with Crippen LogP contribution >= 0.6 is 11.8 Å². The minimum Gasteiger partial charge on any atom is -0.394 e. The summed E-state index contributed by atoms with van der Waals surface area (Å²) in [6.07, 6.45) is -3.69. The maximum absolute atomic E-state index is 11.4. The quantitative estimate of drug-likeness (QED) is 0.421. The molecular weight excluding hydrogens is 334 g/mol. The molecule has 0 aliphatic carbocycles. The summed E-state index contributed by atoms with van der Waals surface area (Å²) in [6, 6.07) is -0.910. The summed E-state index contributed by atoms with van der Waals surface area (Å²) < 4.78 is 28.2. The van der Waals surface area contributed by atoms with Crippen LogP contribution in [0.5, 0.6) is 0 Å². The molecule has 0 spiro atoms. The molecule has 1 aliphatic heterocycles. The number of nitrogens with one attached hydrogen (secondary N) is 1. The van der Waals surface area contributed by atoms with Crippen molar-refractivity contribution in [3.05, 3.63) is 12.0 Å². The molecule has 22 heavy (non-hydrogen) atoms. The predicted octanol–water partition coefficient (Wildman–Crippen LogP) is -1.78. The fraction of sp³-hybridized carbons (Fsp3) is 0.750. The van der Waals surface area contributed by atoms with Crippen LogP contribution in [0.3, 0.4) is 0 Å². The second-order valence-corrected chi connectivity index (χ2v) is 8.11. The van der Waals surface area contributed by atoms with Crippen molar-refractivity contribution >= 4 is 27.5 Å². The first kappa shape index (κ1) is 19.4.